The predicted octanol–water partition coefficient (Wildman–Crippen LogP) is 4.16. The molecule has 0 heterocycles. The maximum absolute atomic E-state index is 9.34. The van der Waals surface area contributed by atoms with Crippen molar-refractivity contribution in [1.82, 2.24) is 0 Å². The maximum Gasteiger partial charge on any atom is 0.115 e. The number of halogens is 1. The Morgan fingerprint density at radius 2 is 1.84 bits per heavy atom. The van der Waals surface area contributed by atoms with Crippen LogP contribution in [-0.4, -0.2) is 11.7 Å². The monoisotopic (exact) mass is 275 g/mol. The number of benzene rings is 2. The molecule has 0 radical (unpaired) electrons. The minimum atomic E-state index is 0.257. The van der Waals surface area contributed by atoms with Gasteiger partial charge < -0.3 is 10.8 Å². The van der Waals surface area contributed by atoms with Gasteiger partial charge in [0.1, 0.15) is 5.75 Å². The zero-order valence-electron chi connectivity index (χ0n) is 10.9. The highest BCUT2D eigenvalue weighted by Crippen LogP contribution is 2.32. The number of hydrogen-bond acceptors (Lipinski definition) is 2. The summed E-state index contributed by atoms with van der Waals surface area (Å²) in [7, 11) is 0. The van der Waals surface area contributed by atoms with E-state index in [9.17, 15) is 5.11 Å². The molecule has 0 aliphatic heterocycles. The first-order valence-electron chi connectivity index (χ1n) is 6.40. The third-order valence-electron chi connectivity index (χ3n) is 3.34. The number of rotatable bonds is 4. The summed E-state index contributed by atoms with van der Waals surface area (Å²) in [6.45, 7) is 2.84. The number of nitrogens with two attached hydrogens (primary N) is 1. The molecule has 100 valence electrons. The van der Waals surface area contributed by atoms with Crippen molar-refractivity contribution < 1.29 is 5.11 Å². The van der Waals surface area contributed by atoms with Crippen LogP contribution in [0.4, 0.5) is 0 Å². The Balaban J connectivity index is 2.39. The molecule has 0 fully saturated rings. The minimum absolute atomic E-state index is 0.257. The van der Waals surface area contributed by atoms with E-state index in [1.807, 2.05) is 24.3 Å². The van der Waals surface area contributed by atoms with E-state index in [0.717, 1.165) is 22.6 Å². The molecule has 0 bridgehead atoms. The van der Waals surface area contributed by atoms with Gasteiger partial charge in [0, 0.05) is 10.6 Å². The van der Waals surface area contributed by atoms with Crippen molar-refractivity contribution in [2.45, 2.75) is 19.3 Å². The molecule has 19 heavy (non-hydrogen) atoms. The smallest absolute Gasteiger partial charge is 0.115 e. The molecule has 0 saturated carbocycles. The van der Waals surface area contributed by atoms with Crippen LogP contribution in [0.2, 0.25) is 5.02 Å². The molecule has 0 aliphatic rings. The Kier molecular flexibility index (Phi) is 4.46. The molecule has 3 heteroatoms. The van der Waals surface area contributed by atoms with Crippen LogP contribution in [-0.2, 0) is 0 Å². The molecule has 2 aromatic carbocycles. The molecule has 3 N–H and O–H groups in total. The van der Waals surface area contributed by atoms with Gasteiger partial charge in [0.25, 0.3) is 0 Å². The first-order chi connectivity index (χ1) is 9.11. The van der Waals surface area contributed by atoms with Gasteiger partial charge in [-0.1, -0.05) is 36.7 Å². The standard InChI is InChI=1S/C16H18ClNO/c1-11(8-9-18)13-4-7-16(17)15(10-13)12-2-5-14(19)6-3-12/h2-7,10-11,19H,8-9,18H2,1H3. The van der Waals surface area contributed by atoms with E-state index in [4.69, 9.17) is 17.3 Å². The van der Waals surface area contributed by atoms with Crippen LogP contribution in [0, 0.1) is 0 Å². The number of hydrogen-bond donors (Lipinski definition) is 2. The van der Waals surface area contributed by atoms with Crippen molar-refractivity contribution in [2.75, 3.05) is 6.54 Å². The summed E-state index contributed by atoms with van der Waals surface area (Å²) in [4.78, 5) is 0. The van der Waals surface area contributed by atoms with Gasteiger partial charge in [-0.15, -0.1) is 0 Å². The van der Waals surface area contributed by atoms with Crippen molar-refractivity contribution in [3.05, 3.63) is 53.1 Å². The van der Waals surface area contributed by atoms with E-state index in [1.54, 1.807) is 12.1 Å². The average molecular weight is 276 g/mol. The Hall–Kier alpha value is -1.51. The lowest BCUT2D eigenvalue weighted by Gasteiger charge is -2.13. The van der Waals surface area contributed by atoms with Gasteiger partial charge in [0.05, 0.1) is 0 Å². The van der Waals surface area contributed by atoms with Gasteiger partial charge in [0.2, 0.25) is 0 Å². The maximum atomic E-state index is 9.34. The number of phenols is 1. The quantitative estimate of drug-likeness (QED) is 0.880. The van der Waals surface area contributed by atoms with Crippen LogP contribution in [0.15, 0.2) is 42.5 Å². The van der Waals surface area contributed by atoms with Gasteiger partial charge in [-0.25, -0.2) is 0 Å². The predicted molar refractivity (Wildman–Crippen MR) is 80.6 cm³/mol. The molecule has 2 nitrogen and oxygen atoms in total. The fraction of sp³-hybridized carbons (Fsp3) is 0.250. The second-order valence-corrected chi connectivity index (χ2v) is 5.17. The van der Waals surface area contributed by atoms with E-state index >= 15 is 0 Å². The molecule has 0 amide bonds. The van der Waals surface area contributed by atoms with Gasteiger partial charge in [-0.2, -0.15) is 0 Å². The van der Waals surface area contributed by atoms with Crippen LogP contribution in [0.5, 0.6) is 5.75 Å². The largest absolute Gasteiger partial charge is 0.508 e. The Morgan fingerprint density at radius 1 is 1.16 bits per heavy atom. The summed E-state index contributed by atoms with van der Waals surface area (Å²) in [5.74, 6) is 0.672. The first-order valence-corrected chi connectivity index (χ1v) is 6.78. The lowest BCUT2D eigenvalue weighted by molar-refractivity contribution is 0.475. The van der Waals surface area contributed by atoms with Crippen molar-refractivity contribution in [2.24, 2.45) is 5.73 Å². The molecule has 1 unspecified atom stereocenters. The second kappa shape index (κ2) is 6.09. The van der Waals surface area contributed by atoms with Crippen LogP contribution < -0.4 is 5.73 Å². The van der Waals surface area contributed by atoms with Crippen molar-refractivity contribution in [3.63, 3.8) is 0 Å². The fourth-order valence-corrected chi connectivity index (χ4v) is 2.35. The highest BCUT2D eigenvalue weighted by molar-refractivity contribution is 6.33. The normalized spacial score (nSPS) is 12.4. The van der Waals surface area contributed by atoms with Gasteiger partial charge in [-0.05, 0) is 54.3 Å². The first kappa shape index (κ1) is 13.9. The van der Waals surface area contributed by atoms with Crippen LogP contribution >= 0.6 is 11.6 Å². The Morgan fingerprint density at radius 3 is 2.47 bits per heavy atom. The third kappa shape index (κ3) is 3.28. The van der Waals surface area contributed by atoms with E-state index < -0.39 is 0 Å². The van der Waals surface area contributed by atoms with Crippen molar-refractivity contribution in [1.29, 1.82) is 0 Å². The molecule has 2 aromatic rings. The lowest BCUT2D eigenvalue weighted by Crippen LogP contribution is -2.04. The summed E-state index contributed by atoms with van der Waals surface area (Å²) in [5.41, 5.74) is 8.84. The minimum Gasteiger partial charge on any atom is -0.508 e. The molecule has 1 atom stereocenters. The van der Waals surface area contributed by atoms with E-state index in [0.29, 0.717) is 12.5 Å². The Labute approximate surface area is 118 Å². The van der Waals surface area contributed by atoms with Crippen molar-refractivity contribution in [3.8, 4) is 16.9 Å². The zero-order valence-corrected chi connectivity index (χ0v) is 11.7. The summed E-state index contributed by atoms with van der Waals surface area (Å²) in [6.07, 6.45) is 0.955. The molecule has 0 spiro atoms. The van der Waals surface area contributed by atoms with Crippen LogP contribution in [0.3, 0.4) is 0 Å². The summed E-state index contributed by atoms with van der Waals surface area (Å²) in [6, 6.07) is 13.2. The van der Waals surface area contributed by atoms with E-state index in [2.05, 4.69) is 13.0 Å². The molecular formula is C16H18ClNO. The highest BCUT2D eigenvalue weighted by Gasteiger charge is 2.09. The number of aromatic hydroxyl groups is 1. The summed E-state index contributed by atoms with van der Waals surface area (Å²) < 4.78 is 0. The molecule has 2 rings (SSSR count). The molecule has 0 saturated heterocycles. The van der Waals surface area contributed by atoms with E-state index in [-0.39, 0.29) is 5.75 Å². The zero-order chi connectivity index (χ0) is 13.8. The van der Waals surface area contributed by atoms with Crippen LogP contribution in [0.25, 0.3) is 11.1 Å². The van der Waals surface area contributed by atoms with Gasteiger partial charge in [-0.3, -0.25) is 0 Å². The van der Waals surface area contributed by atoms with E-state index in [1.165, 1.54) is 5.56 Å². The molecular weight excluding hydrogens is 258 g/mol. The Bertz CT molecular complexity index is 551. The van der Waals surface area contributed by atoms with Gasteiger partial charge >= 0.3 is 0 Å². The van der Waals surface area contributed by atoms with Gasteiger partial charge in [0.15, 0.2) is 0 Å². The second-order valence-electron chi connectivity index (χ2n) is 4.76. The third-order valence-corrected chi connectivity index (χ3v) is 3.67. The van der Waals surface area contributed by atoms with Crippen molar-refractivity contribution >= 4 is 11.6 Å². The summed E-state index contributed by atoms with van der Waals surface area (Å²) in [5, 5.41) is 10.1. The lowest BCUT2D eigenvalue weighted by atomic mass is 9.94. The highest BCUT2D eigenvalue weighted by atomic mass is 35.5. The summed E-state index contributed by atoms with van der Waals surface area (Å²) >= 11 is 6.27. The number of phenolic OH excluding ortho intramolecular Hbond substituents is 1. The van der Waals surface area contributed by atoms with Crippen LogP contribution in [0.1, 0.15) is 24.8 Å². The average Bonchev–Trinajstić information content (AvgIpc) is 2.41. The SMILES string of the molecule is CC(CCN)c1ccc(Cl)c(-c2ccc(O)cc2)c1. The topological polar surface area (TPSA) is 46.2 Å². The molecule has 0 aromatic heterocycles. The molecule has 0 aliphatic carbocycles. The fourth-order valence-electron chi connectivity index (χ4n) is 2.13.